The van der Waals surface area contributed by atoms with E-state index in [-0.39, 0.29) is 11.6 Å². The Labute approximate surface area is 108 Å². The number of fused-ring (bicyclic) bond motifs is 1. The maximum Gasteiger partial charge on any atom is 0.0774 e. The van der Waals surface area contributed by atoms with Crippen molar-refractivity contribution in [3.8, 4) is 0 Å². The highest BCUT2D eigenvalue weighted by Crippen LogP contribution is 2.30. The van der Waals surface area contributed by atoms with Crippen LogP contribution in [0.2, 0.25) is 0 Å². The van der Waals surface area contributed by atoms with Crippen LogP contribution in [-0.2, 0) is 4.74 Å². The number of ether oxygens (including phenoxy) is 1. The summed E-state index contributed by atoms with van der Waals surface area (Å²) in [6.45, 7) is 5.22. The van der Waals surface area contributed by atoms with E-state index in [0.717, 1.165) is 13.0 Å². The van der Waals surface area contributed by atoms with E-state index in [9.17, 15) is 0 Å². The van der Waals surface area contributed by atoms with Gasteiger partial charge in [-0.05, 0) is 43.2 Å². The second kappa shape index (κ2) is 4.29. The molecule has 0 amide bonds. The molecule has 3 rings (SSSR count). The summed E-state index contributed by atoms with van der Waals surface area (Å²) < 4.78 is 5.67. The molecule has 1 fully saturated rings. The molecule has 1 aliphatic rings. The van der Waals surface area contributed by atoms with E-state index in [1.165, 1.54) is 16.5 Å². The summed E-state index contributed by atoms with van der Waals surface area (Å²) in [5.41, 5.74) is 1.22. The van der Waals surface area contributed by atoms with E-state index in [1.807, 2.05) is 0 Å². The summed E-state index contributed by atoms with van der Waals surface area (Å²) in [4.78, 5) is 0. The van der Waals surface area contributed by atoms with Crippen LogP contribution in [0.1, 0.15) is 20.3 Å². The molecule has 1 aliphatic heterocycles. The van der Waals surface area contributed by atoms with E-state index in [2.05, 4.69) is 61.6 Å². The maximum atomic E-state index is 5.67. The Kier molecular flexibility index (Phi) is 2.75. The summed E-state index contributed by atoms with van der Waals surface area (Å²) in [6, 6.07) is 15.0. The fourth-order valence-electron chi connectivity index (χ4n) is 2.60. The number of benzene rings is 2. The lowest BCUT2D eigenvalue weighted by atomic mass is 9.94. The third-order valence-electron chi connectivity index (χ3n) is 4.07. The molecular formula is C16H19NO. The normalized spacial score (nSPS) is 27.6. The van der Waals surface area contributed by atoms with Crippen molar-refractivity contribution >= 4 is 16.5 Å². The molecule has 2 atom stereocenters. The molecule has 0 aromatic heterocycles. The van der Waals surface area contributed by atoms with E-state index < -0.39 is 0 Å². The Bertz CT molecular complexity index is 566. The Hall–Kier alpha value is -1.54. The minimum absolute atomic E-state index is 0.0441. The summed E-state index contributed by atoms with van der Waals surface area (Å²) >= 11 is 0. The van der Waals surface area contributed by atoms with Crippen molar-refractivity contribution in [1.29, 1.82) is 0 Å². The predicted molar refractivity (Wildman–Crippen MR) is 76.0 cm³/mol. The molecule has 1 heterocycles. The lowest BCUT2D eigenvalue weighted by Crippen LogP contribution is -2.41. The van der Waals surface area contributed by atoms with Gasteiger partial charge in [-0.3, -0.25) is 0 Å². The van der Waals surface area contributed by atoms with Crippen molar-refractivity contribution in [2.24, 2.45) is 0 Å². The van der Waals surface area contributed by atoms with Crippen LogP contribution in [0.3, 0.4) is 0 Å². The largest absolute Gasteiger partial charge is 0.377 e. The van der Waals surface area contributed by atoms with Crippen molar-refractivity contribution < 1.29 is 4.74 Å². The van der Waals surface area contributed by atoms with Crippen LogP contribution in [0, 0.1) is 0 Å². The maximum absolute atomic E-state index is 5.67. The lowest BCUT2D eigenvalue weighted by Gasteiger charge is -2.30. The van der Waals surface area contributed by atoms with Crippen molar-refractivity contribution in [2.75, 3.05) is 11.9 Å². The van der Waals surface area contributed by atoms with Crippen molar-refractivity contribution in [3.63, 3.8) is 0 Å². The SMILES string of the molecule is CC1OCCC1(C)Nc1ccc2ccccc2c1. The molecule has 0 saturated carbocycles. The molecule has 18 heavy (non-hydrogen) atoms. The number of hydrogen-bond donors (Lipinski definition) is 1. The average molecular weight is 241 g/mol. The smallest absolute Gasteiger partial charge is 0.0774 e. The first-order chi connectivity index (χ1) is 8.67. The Morgan fingerprint density at radius 2 is 1.94 bits per heavy atom. The Morgan fingerprint density at radius 3 is 2.67 bits per heavy atom. The first-order valence-corrected chi connectivity index (χ1v) is 6.56. The first kappa shape index (κ1) is 11.5. The Morgan fingerprint density at radius 1 is 1.17 bits per heavy atom. The van der Waals surface area contributed by atoms with Gasteiger partial charge in [0, 0.05) is 12.3 Å². The van der Waals surface area contributed by atoms with Gasteiger partial charge in [0.05, 0.1) is 11.6 Å². The van der Waals surface area contributed by atoms with E-state index in [4.69, 9.17) is 4.74 Å². The second-order valence-electron chi connectivity index (χ2n) is 5.37. The highest BCUT2D eigenvalue weighted by molar-refractivity contribution is 5.85. The van der Waals surface area contributed by atoms with Gasteiger partial charge in [-0.2, -0.15) is 0 Å². The number of nitrogens with one attached hydrogen (secondary N) is 1. The molecule has 0 spiro atoms. The molecule has 0 bridgehead atoms. The summed E-state index contributed by atoms with van der Waals surface area (Å²) in [7, 11) is 0. The van der Waals surface area contributed by atoms with Crippen LogP contribution < -0.4 is 5.32 Å². The second-order valence-corrected chi connectivity index (χ2v) is 5.37. The van der Waals surface area contributed by atoms with Crippen LogP contribution >= 0.6 is 0 Å². The Balaban J connectivity index is 1.91. The molecule has 1 N–H and O–H groups in total. The van der Waals surface area contributed by atoms with Gasteiger partial charge in [-0.15, -0.1) is 0 Å². The quantitative estimate of drug-likeness (QED) is 0.863. The zero-order valence-corrected chi connectivity index (χ0v) is 10.9. The van der Waals surface area contributed by atoms with Crippen LogP contribution in [0.4, 0.5) is 5.69 Å². The van der Waals surface area contributed by atoms with Crippen molar-refractivity contribution in [2.45, 2.75) is 31.9 Å². The minimum atomic E-state index is 0.0441. The molecule has 1 saturated heterocycles. The van der Waals surface area contributed by atoms with Crippen LogP contribution in [-0.4, -0.2) is 18.2 Å². The lowest BCUT2D eigenvalue weighted by molar-refractivity contribution is 0.105. The van der Waals surface area contributed by atoms with Gasteiger partial charge in [0.2, 0.25) is 0 Å². The van der Waals surface area contributed by atoms with Crippen LogP contribution in [0.15, 0.2) is 42.5 Å². The zero-order chi connectivity index (χ0) is 12.6. The molecule has 94 valence electrons. The van der Waals surface area contributed by atoms with E-state index in [1.54, 1.807) is 0 Å². The van der Waals surface area contributed by atoms with Gasteiger partial charge in [0.1, 0.15) is 0 Å². The van der Waals surface area contributed by atoms with Crippen LogP contribution in [0.25, 0.3) is 10.8 Å². The summed E-state index contributed by atoms with van der Waals surface area (Å²) in [6.07, 6.45) is 1.31. The van der Waals surface area contributed by atoms with Gasteiger partial charge in [-0.1, -0.05) is 30.3 Å². The highest BCUT2D eigenvalue weighted by atomic mass is 16.5. The molecule has 2 aromatic rings. The first-order valence-electron chi connectivity index (χ1n) is 6.56. The molecule has 0 aliphatic carbocycles. The number of anilines is 1. The monoisotopic (exact) mass is 241 g/mol. The molecule has 2 heteroatoms. The molecule has 0 radical (unpaired) electrons. The van der Waals surface area contributed by atoms with Gasteiger partial charge in [-0.25, -0.2) is 0 Å². The predicted octanol–water partition coefficient (Wildman–Crippen LogP) is 3.82. The van der Waals surface area contributed by atoms with Gasteiger partial charge in [0.15, 0.2) is 0 Å². The average Bonchev–Trinajstić information content (AvgIpc) is 2.69. The fourth-order valence-corrected chi connectivity index (χ4v) is 2.60. The zero-order valence-electron chi connectivity index (χ0n) is 10.9. The third-order valence-corrected chi connectivity index (χ3v) is 4.07. The standard InChI is InChI=1S/C16H19NO/c1-12-16(2,9-10-18-12)17-15-8-7-13-5-3-4-6-14(13)11-15/h3-8,11-12,17H,9-10H2,1-2H3. The van der Waals surface area contributed by atoms with Gasteiger partial charge < -0.3 is 10.1 Å². The minimum Gasteiger partial charge on any atom is -0.377 e. The van der Waals surface area contributed by atoms with Crippen molar-refractivity contribution in [3.05, 3.63) is 42.5 Å². The number of rotatable bonds is 2. The van der Waals surface area contributed by atoms with Crippen molar-refractivity contribution in [1.82, 2.24) is 0 Å². The fraction of sp³-hybridized carbons (Fsp3) is 0.375. The number of hydrogen-bond acceptors (Lipinski definition) is 2. The molecule has 2 aromatic carbocycles. The molecule has 2 nitrogen and oxygen atoms in total. The third kappa shape index (κ3) is 1.97. The van der Waals surface area contributed by atoms with E-state index >= 15 is 0 Å². The summed E-state index contributed by atoms with van der Waals surface area (Å²) in [5, 5.41) is 6.19. The van der Waals surface area contributed by atoms with E-state index in [0.29, 0.717) is 0 Å². The highest BCUT2D eigenvalue weighted by Gasteiger charge is 2.36. The topological polar surface area (TPSA) is 21.3 Å². The summed E-state index contributed by atoms with van der Waals surface area (Å²) in [5.74, 6) is 0. The molecular weight excluding hydrogens is 222 g/mol. The van der Waals surface area contributed by atoms with Gasteiger partial charge >= 0.3 is 0 Å². The van der Waals surface area contributed by atoms with Gasteiger partial charge in [0.25, 0.3) is 0 Å². The van der Waals surface area contributed by atoms with Crippen LogP contribution in [0.5, 0.6) is 0 Å². The molecule has 2 unspecified atom stereocenters.